The van der Waals surface area contributed by atoms with E-state index in [4.69, 9.17) is 4.74 Å². The fraction of sp³-hybridized carbons (Fsp3) is 0.222. The highest BCUT2D eigenvalue weighted by atomic mass is 19.1. The Kier molecular flexibility index (Phi) is 8.04. The van der Waals surface area contributed by atoms with E-state index in [1.807, 2.05) is 0 Å². The Morgan fingerprint density at radius 3 is 2.51 bits per heavy atom. The van der Waals surface area contributed by atoms with Gasteiger partial charge in [-0.1, -0.05) is 24.3 Å². The van der Waals surface area contributed by atoms with Crippen molar-refractivity contribution in [2.45, 2.75) is 26.5 Å². The molecule has 12 heteroatoms. The van der Waals surface area contributed by atoms with E-state index >= 15 is 0 Å². The predicted octanol–water partition coefficient (Wildman–Crippen LogP) is 1.97. The number of halogens is 1. The lowest BCUT2D eigenvalue weighted by Crippen LogP contribution is -2.33. The van der Waals surface area contributed by atoms with E-state index in [0.717, 1.165) is 5.56 Å². The maximum atomic E-state index is 15.0. The van der Waals surface area contributed by atoms with Gasteiger partial charge in [0.2, 0.25) is 11.8 Å². The minimum atomic E-state index is -0.622. The van der Waals surface area contributed by atoms with Gasteiger partial charge < -0.3 is 20.4 Å². The Morgan fingerprint density at radius 1 is 1.10 bits per heavy atom. The molecule has 11 nitrogen and oxygen atoms in total. The molecule has 1 atom stereocenters. The minimum absolute atomic E-state index is 0.175. The van der Waals surface area contributed by atoms with E-state index in [9.17, 15) is 28.4 Å². The van der Waals surface area contributed by atoms with Crippen LogP contribution in [0.2, 0.25) is 0 Å². The summed E-state index contributed by atoms with van der Waals surface area (Å²) in [5, 5.41) is 5.29. The smallest absolute Gasteiger partial charge is 0.414 e. The molecule has 0 spiro atoms. The number of carbonyl (C=O) groups is 3. The predicted molar refractivity (Wildman–Crippen MR) is 141 cm³/mol. The molecule has 0 radical (unpaired) electrons. The number of aromatic amines is 2. The molecule has 1 aromatic heterocycles. The summed E-state index contributed by atoms with van der Waals surface area (Å²) < 4.78 is 20.2. The van der Waals surface area contributed by atoms with Crippen molar-refractivity contribution in [3.8, 4) is 11.1 Å². The summed E-state index contributed by atoms with van der Waals surface area (Å²) in [6.45, 7) is 3.48. The highest BCUT2D eigenvalue weighted by Gasteiger charge is 2.32. The van der Waals surface area contributed by atoms with Gasteiger partial charge in [0.1, 0.15) is 11.9 Å². The molecule has 0 saturated carbocycles. The Labute approximate surface area is 221 Å². The molecule has 1 saturated heterocycles. The second-order valence-corrected chi connectivity index (χ2v) is 8.91. The summed E-state index contributed by atoms with van der Waals surface area (Å²) in [6, 6.07) is 11.4. The van der Waals surface area contributed by atoms with Gasteiger partial charge in [-0.3, -0.25) is 24.3 Å². The molecule has 2 aromatic carbocycles. The van der Waals surface area contributed by atoms with E-state index in [1.165, 1.54) is 30.0 Å². The zero-order valence-electron chi connectivity index (χ0n) is 21.2. The van der Waals surface area contributed by atoms with Crippen LogP contribution in [0.1, 0.15) is 23.7 Å². The number of benzene rings is 2. The van der Waals surface area contributed by atoms with E-state index in [0.29, 0.717) is 22.5 Å². The van der Waals surface area contributed by atoms with Crippen LogP contribution in [-0.4, -0.2) is 47.1 Å². The van der Waals surface area contributed by atoms with Crippen molar-refractivity contribution in [2.24, 2.45) is 0 Å². The van der Waals surface area contributed by atoms with E-state index in [2.05, 4.69) is 20.6 Å². The highest BCUT2D eigenvalue weighted by Crippen LogP contribution is 2.29. The number of anilines is 1. The van der Waals surface area contributed by atoms with Crippen molar-refractivity contribution in [1.82, 2.24) is 20.6 Å². The van der Waals surface area contributed by atoms with Crippen molar-refractivity contribution in [1.29, 1.82) is 0 Å². The number of hydrogen-bond acceptors (Lipinski definition) is 6. The normalized spacial score (nSPS) is 14.9. The van der Waals surface area contributed by atoms with Crippen LogP contribution in [0.4, 0.5) is 14.9 Å². The summed E-state index contributed by atoms with van der Waals surface area (Å²) >= 11 is 0. The first kappa shape index (κ1) is 27.0. The van der Waals surface area contributed by atoms with Gasteiger partial charge in [0, 0.05) is 30.8 Å². The molecular weight excluding hydrogens is 509 g/mol. The second kappa shape index (κ2) is 11.6. The number of ether oxygens (including phenoxy) is 1. The summed E-state index contributed by atoms with van der Waals surface area (Å²) in [4.78, 5) is 64.5. The molecule has 0 aliphatic carbocycles. The molecule has 1 unspecified atom stereocenters. The Balaban J connectivity index is 1.36. The first-order valence-corrected chi connectivity index (χ1v) is 12.0. The Hall–Kier alpha value is -5.00. The van der Waals surface area contributed by atoms with Crippen molar-refractivity contribution in [3.63, 3.8) is 0 Å². The first-order valence-electron chi connectivity index (χ1n) is 12.0. The maximum Gasteiger partial charge on any atom is 0.414 e. The molecule has 1 aliphatic heterocycles. The van der Waals surface area contributed by atoms with Crippen LogP contribution < -0.4 is 26.8 Å². The summed E-state index contributed by atoms with van der Waals surface area (Å²) in [7, 11) is 0. The molecule has 1 fully saturated rings. The Morgan fingerprint density at radius 2 is 1.85 bits per heavy atom. The van der Waals surface area contributed by atoms with Crippen molar-refractivity contribution in [3.05, 3.63) is 92.0 Å². The fourth-order valence-electron chi connectivity index (χ4n) is 4.02. The van der Waals surface area contributed by atoms with Gasteiger partial charge in [0.25, 0.3) is 5.56 Å². The number of aromatic nitrogens is 2. The van der Waals surface area contributed by atoms with Crippen LogP contribution in [0.25, 0.3) is 17.2 Å². The average molecular weight is 536 g/mol. The number of H-pyrrole nitrogens is 2. The molecule has 39 heavy (non-hydrogen) atoms. The van der Waals surface area contributed by atoms with Crippen LogP contribution in [0, 0.1) is 12.7 Å². The standard InChI is InChI=1S/C27H26FN5O6/c1-15-21(25(36)32-26(37)31-15)9-10-24(35)30-12-17-3-5-18(6-4-17)22-8-7-19(11-23(22)28)33-14-20(39-27(33)38)13-29-16(2)34/h3-11,20H,12-14H2,1-2H3,(H,29,34)(H,30,35)(H2,31,32,36,37)/b10-9+. The molecule has 3 amide bonds. The number of carbonyl (C=O) groups excluding carboxylic acids is 3. The molecule has 4 N–H and O–H groups in total. The number of nitrogens with one attached hydrogen (secondary N) is 4. The lowest BCUT2D eigenvalue weighted by atomic mass is 10.0. The van der Waals surface area contributed by atoms with Gasteiger partial charge in [-0.15, -0.1) is 0 Å². The quantitative estimate of drug-likeness (QED) is 0.324. The molecule has 2 heterocycles. The van der Waals surface area contributed by atoms with E-state index in [1.54, 1.807) is 43.3 Å². The molecule has 1 aliphatic rings. The van der Waals surface area contributed by atoms with Crippen LogP contribution >= 0.6 is 0 Å². The minimum Gasteiger partial charge on any atom is -0.442 e. The van der Waals surface area contributed by atoms with Crippen LogP contribution in [0.15, 0.2) is 58.1 Å². The van der Waals surface area contributed by atoms with Crippen LogP contribution in [0.3, 0.4) is 0 Å². The van der Waals surface area contributed by atoms with Gasteiger partial charge in [-0.25, -0.2) is 14.0 Å². The number of aryl methyl sites for hydroxylation is 1. The number of hydrogen-bond donors (Lipinski definition) is 4. The molecule has 3 aromatic rings. The zero-order chi connectivity index (χ0) is 28.1. The summed E-state index contributed by atoms with van der Waals surface area (Å²) in [5.41, 5.74) is 1.35. The third-order valence-electron chi connectivity index (χ3n) is 6.03. The maximum absolute atomic E-state index is 15.0. The van der Waals surface area contributed by atoms with Crippen molar-refractivity contribution >= 4 is 29.7 Å². The number of rotatable bonds is 8. The van der Waals surface area contributed by atoms with Gasteiger partial charge >= 0.3 is 11.8 Å². The van der Waals surface area contributed by atoms with E-state index < -0.39 is 35.2 Å². The van der Waals surface area contributed by atoms with Crippen molar-refractivity contribution in [2.75, 3.05) is 18.0 Å². The number of nitrogens with zero attached hydrogens (tertiary/aromatic N) is 1. The van der Waals surface area contributed by atoms with Gasteiger partial charge in [0.15, 0.2) is 0 Å². The number of amides is 3. The second-order valence-electron chi connectivity index (χ2n) is 8.91. The van der Waals surface area contributed by atoms with Gasteiger partial charge in [-0.2, -0.15) is 0 Å². The third kappa shape index (κ3) is 6.66. The topological polar surface area (TPSA) is 153 Å². The summed E-state index contributed by atoms with van der Waals surface area (Å²) in [5.74, 6) is -1.20. The molecular formula is C27H26FN5O6. The fourth-order valence-corrected chi connectivity index (χ4v) is 4.02. The van der Waals surface area contributed by atoms with Crippen molar-refractivity contribution < 1.29 is 23.5 Å². The van der Waals surface area contributed by atoms with Gasteiger partial charge in [-0.05, 0) is 42.3 Å². The third-order valence-corrected chi connectivity index (χ3v) is 6.03. The lowest BCUT2D eigenvalue weighted by molar-refractivity contribution is -0.119. The zero-order valence-corrected chi connectivity index (χ0v) is 21.2. The average Bonchev–Trinajstić information content (AvgIpc) is 3.26. The first-order chi connectivity index (χ1) is 18.6. The van der Waals surface area contributed by atoms with Crippen LogP contribution in [-0.2, 0) is 20.9 Å². The SMILES string of the molecule is CC(=O)NCC1CN(c2ccc(-c3ccc(CNC(=O)/C=C/c4c(C)[nH]c(=O)[nH]c4=O)cc3)c(F)c2)C(=O)O1. The molecule has 0 bridgehead atoms. The summed E-state index contributed by atoms with van der Waals surface area (Å²) in [6.07, 6.45) is 1.38. The highest BCUT2D eigenvalue weighted by molar-refractivity contribution is 5.92. The molecule has 202 valence electrons. The van der Waals surface area contributed by atoms with Gasteiger partial charge in [0.05, 0.1) is 24.3 Å². The lowest BCUT2D eigenvalue weighted by Gasteiger charge is -2.15. The molecule has 4 rings (SSSR count). The monoisotopic (exact) mass is 535 g/mol. The Bertz CT molecular complexity index is 1560. The number of cyclic esters (lactones) is 1. The largest absolute Gasteiger partial charge is 0.442 e. The van der Waals surface area contributed by atoms with Crippen LogP contribution in [0.5, 0.6) is 0 Å². The van der Waals surface area contributed by atoms with E-state index in [-0.39, 0.29) is 31.1 Å².